The molecule has 2 aromatic rings. The number of hydrogen-bond acceptors (Lipinski definition) is 5. The highest BCUT2D eigenvalue weighted by atomic mass is 16.5. The standard InChI is InChI=1S/C15H15N3O4/c1-17-6-7-18(9-14(17)19)12-5-3-2-4-10(12)11-8-13(15(20)21)22-16-11/h2-5,8H,6-7,9H2,1H3,(H,20,21). The quantitative estimate of drug-likeness (QED) is 0.920. The van der Waals surface area contributed by atoms with Crippen LogP contribution in [0.2, 0.25) is 0 Å². The Morgan fingerprint density at radius 3 is 2.77 bits per heavy atom. The van der Waals surface area contributed by atoms with Crippen molar-refractivity contribution in [1.82, 2.24) is 10.1 Å². The lowest BCUT2D eigenvalue weighted by Crippen LogP contribution is -2.48. The van der Waals surface area contributed by atoms with E-state index in [1.54, 1.807) is 11.9 Å². The molecule has 2 heterocycles. The average molecular weight is 301 g/mol. The minimum Gasteiger partial charge on any atom is -0.475 e. The molecule has 0 spiro atoms. The number of piperazine rings is 1. The van der Waals surface area contributed by atoms with E-state index < -0.39 is 5.97 Å². The smallest absolute Gasteiger partial charge is 0.374 e. The molecule has 0 radical (unpaired) electrons. The van der Waals surface area contributed by atoms with Gasteiger partial charge in [-0.15, -0.1) is 0 Å². The highest BCUT2D eigenvalue weighted by molar-refractivity contribution is 5.88. The summed E-state index contributed by atoms with van der Waals surface area (Å²) >= 11 is 0. The zero-order valence-electron chi connectivity index (χ0n) is 12.0. The van der Waals surface area contributed by atoms with E-state index in [2.05, 4.69) is 5.16 Å². The molecule has 3 rings (SSSR count). The lowest BCUT2D eigenvalue weighted by molar-refractivity contribution is -0.129. The van der Waals surface area contributed by atoms with Crippen molar-refractivity contribution in [1.29, 1.82) is 0 Å². The van der Waals surface area contributed by atoms with Crippen LogP contribution in [0.15, 0.2) is 34.9 Å². The van der Waals surface area contributed by atoms with Crippen LogP contribution in [-0.2, 0) is 4.79 Å². The second-order valence-corrected chi connectivity index (χ2v) is 5.14. The van der Waals surface area contributed by atoms with E-state index in [1.807, 2.05) is 29.2 Å². The van der Waals surface area contributed by atoms with Crippen LogP contribution in [0.1, 0.15) is 10.6 Å². The SMILES string of the molecule is CN1CCN(c2ccccc2-c2cc(C(=O)O)on2)CC1=O. The van der Waals surface area contributed by atoms with Gasteiger partial charge in [0.05, 0.1) is 6.54 Å². The molecule has 7 nitrogen and oxygen atoms in total. The molecule has 1 aromatic heterocycles. The maximum atomic E-state index is 11.9. The number of aromatic nitrogens is 1. The Bertz CT molecular complexity index is 725. The van der Waals surface area contributed by atoms with Crippen LogP contribution in [0.4, 0.5) is 5.69 Å². The lowest BCUT2D eigenvalue weighted by atomic mass is 10.1. The summed E-state index contributed by atoms with van der Waals surface area (Å²) in [5, 5.41) is 12.8. The molecule has 0 saturated carbocycles. The molecule has 7 heteroatoms. The molecule has 1 aliphatic rings. The molecule has 1 aliphatic heterocycles. The van der Waals surface area contributed by atoms with E-state index in [4.69, 9.17) is 9.63 Å². The van der Waals surface area contributed by atoms with Gasteiger partial charge < -0.3 is 19.4 Å². The first-order valence-electron chi connectivity index (χ1n) is 6.84. The fourth-order valence-corrected chi connectivity index (χ4v) is 2.43. The number of hydrogen-bond donors (Lipinski definition) is 1. The van der Waals surface area contributed by atoms with Crippen molar-refractivity contribution < 1.29 is 19.2 Å². The highest BCUT2D eigenvalue weighted by Crippen LogP contribution is 2.31. The third-order valence-corrected chi connectivity index (χ3v) is 3.70. The molecule has 1 fully saturated rings. The number of anilines is 1. The van der Waals surface area contributed by atoms with Gasteiger partial charge in [0.15, 0.2) is 0 Å². The second kappa shape index (κ2) is 5.51. The largest absolute Gasteiger partial charge is 0.475 e. The Hall–Kier alpha value is -2.83. The van der Waals surface area contributed by atoms with Crippen LogP contribution in [-0.4, -0.2) is 53.7 Å². The van der Waals surface area contributed by atoms with Crippen LogP contribution in [0.25, 0.3) is 11.3 Å². The Morgan fingerprint density at radius 2 is 2.09 bits per heavy atom. The minimum absolute atomic E-state index is 0.0485. The number of carbonyl (C=O) groups excluding carboxylic acids is 1. The lowest BCUT2D eigenvalue weighted by Gasteiger charge is -2.34. The Labute approximate surface area is 126 Å². The predicted molar refractivity (Wildman–Crippen MR) is 78.7 cm³/mol. The summed E-state index contributed by atoms with van der Waals surface area (Å²) in [6.45, 7) is 1.65. The number of nitrogens with zero attached hydrogens (tertiary/aromatic N) is 3. The van der Waals surface area contributed by atoms with Gasteiger partial charge in [-0.3, -0.25) is 4.79 Å². The summed E-state index contributed by atoms with van der Waals surface area (Å²) in [7, 11) is 1.78. The van der Waals surface area contributed by atoms with Gasteiger partial charge in [-0.05, 0) is 6.07 Å². The van der Waals surface area contributed by atoms with Crippen LogP contribution in [0.5, 0.6) is 0 Å². The molecule has 1 N–H and O–H groups in total. The molecule has 114 valence electrons. The molecule has 1 saturated heterocycles. The van der Waals surface area contributed by atoms with E-state index in [9.17, 15) is 9.59 Å². The van der Waals surface area contributed by atoms with Gasteiger partial charge in [-0.1, -0.05) is 23.4 Å². The number of aromatic carboxylic acids is 1. The number of carbonyl (C=O) groups is 2. The number of benzene rings is 1. The fourth-order valence-electron chi connectivity index (χ4n) is 2.43. The molecular weight excluding hydrogens is 286 g/mol. The Balaban J connectivity index is 1.96. The van der Waals surface area contributed by atoms with Crippen molar-refractivity contribution in [2.45, 2.75) is 0 Å². The summed E-state index contributed by atoms with van der Waals surface area (Å²) in [4.78, 5) is 26.5. The first-order chi connectivity index (χ1) is 10.6. The van der Waals surface area contributed by atoms with Crippen LogP contribution >= 0.6 is 0 Å². The number of likely N-dealkylation sites (N-methyl/N-ethyl adjacent to an activating group) is 1. The van der Waals surface area contributed by atoms with E-state index in [0.29, 0.717) is 18.8 Å². The van der Waals surface area contributed by atoms with Crippen molar-refractivity contribution in [3.8, 4) is 11.3 Å². The fraction of sp³-hybridized carbons (Fsp3) is 0.267. The summed E-state index contributed by atoms with van der Waals surface area (Å²) in [6.07, 6.45) is 0. The van der Waals surface area contributed by atoms with Crippen LogP contribution < -0.4 is 4.90 Å². The molecule has 0 atom stereocenters. The van der Waals surface area contributed by atoms with Crippen molar-refractivity contribution in [3.05, 3.63) is 36.1 Å². The second-order valence-electron chi connectivity index (χ2n) is 5.14. The molecule has 0 unspecified atom stereocenters. The van der Waals surface area contributed by atoms with E-state index in [1.165, 1.54) is 6.07 Å². The van der Waals surface area contributed by atoms with Gasteiger partial charge in [0.25, 0.3) is 0 Å². The number of carboxylic acids is 1. The van der Waals surface area contributed by atoms with Crippen LogP contribution in [0.3, 0.4) is 0 Å². The van der Waals surface area contributed by atoms with Crippen molar-refractivity contribution >= 4 is 17.6 Å². The number of para-hydroxylation sites is 1. The maximum Gasteiger partial charge on any atom is 0.374 e. The first kappa shape index (κ1) is 14.1. The van der Waals surface area contributed by atoms with Crippen molar-refractivity contribution in [3.63, 3.8) is 0 Å². The Morgan fingerprint density at radius 1 is 1.32 bits per heavy atom. The van der Waals surface area contributed by atoms with Gasteiger partial charge in [0, 0.05) is 37.5 Å². The molecule has 0 bridgehead atoms. The van der Waals surface area contributed by atoms with Crippen molar-refractivity contribution in [2.75, 3.05) is 31.6 Å². The van der Waals surface area contributed by atoms with Gasteiger partial charge in [-0.25, -0.2) is 4.79 Å². The third-order valence-electron chi connectivity index (χ3n) is 3.70. The molecule has 1 aromatic carbocycles. The Kier molecular flexibility index (Phi) is 3.54. The number of amides is 1. The maximum absolute atomic E-state index is 11.9. The summed E-state index contributed by atoms with van der Waals surface area (Å²) < 4.78 is 4.82. The number of carboxylic acid groups (broad SMARTS) is 1. The van der Waals surface area contributed by atoms with Gasteiger partial charge in [0.2, 0.25) is 11.7 Å². The monoisotopic (exact) mass is 301 g/mol. The summed E-state index contributed by atoms with van der Waals surface area (Å²) in [5.41, 5.74) is 2.03. The summed E-state index contributed by atoms with van der Waals surface area (Å²) in [6, 6.07) is 8.83. The average Bonchev–Trinajstić information content (AvgIpc) is 3.00. The summed E-state index contributed by atoms with van der Waals surface area (Å²) in [5.74, 6) is -1.32. The van der Waals surface area contributed by atoms with Crippen LogP contribution in [0, 0.1) is 0 Å². The normalized spacial score (nSPS) is 15.2. The number of rotatable bonds is 3. The van der Waals surface area contributed by atoms with E-state index >= 15 is 0 Å². The van der Waals surface area contributed by atoms with Gasteiger partial charge >= 0.3 is 5.97 Å². The molecule has 22 heavy (non-hydrogen) atoms. The predicted octanol–water partition coefficient (Wildman–Crippen LogP) is 1.32. The van der Waals surface area contributed by atoms with E-state index in [-0.39, 0.29) is 18.2 Å². The van der Waals surface area contributed by atoms with E-state index in [0.717, 1.165) is 11.3 Å². The van der Waals surface area contributed by atoms with Gasteiger partial charge in [-0.2, -0.15) is 0 Å². The molecule has 1 amide bonds. The highest BCUT2D eigenvalue weighted by Gasteiger charge is 2.24. The molecular formula is C15H15N3O4. The third kappa shape index (κ3) is 2.52. The van der Waals surface area contributed by atoms with Gasteiger partial charge in [0.1, 0.15) is 5.69 Å². The zero-order chi connectivity index (χ0) is 15.7. The minimum atomic E-state index is -1.16. The van der Waals surface area contributed by atoms with Crippen molar-refractivity contribution in [2.24, 2.45) is 0 Å². The zero-order valence-corrected chi connectivity index (χ0v) is 12.0. The topological polar surface area (TPSA) is 86.9 Å². The molecule has 0 aliphatic carbocycles. The first-order valence-corrected chi connectivity index (χ1v) is 6.84.